The van der Waals surface area contributed by atoms with Crippen LogP contribution < -0.4 is 20.1 Å². The Morgan fingerprint density at radius 3 is 2.66 bits per heavy atom. The van der Waals surface area contributed by atoms with E-state index in [4.69, 9.17) is 15.2 Å². The molecule has 164 valence electrons. The van der Waals surface area contributed by atoms with Crippen LogP contribution in [0.5, 0.6) is 11.5 Å². The van der Waals surface area contributed by atoms with Gasteiger partial charge in [0.05, 0.1) is 37.5 Å². The predicted octanol–water partition coefficient (Wildman–Crippen LogP) is 4.29. The van der Waals surface area contributed by atoms with E-state index in [1.54, 1.807) is 14.2 Å². The van der Waals surface area contributed by atoms with Gasteiger partial charge < -0.3 is 20.1 Å². The largest absolute Gasteiger partial charge is 0.493 e. The molecule has 0 fully saturated rings. The van der Waals surface area contributed by atoms with Gasteiger partial charge in [-0.1, -0.05) is 30.3 Å². The summed E-state index contributed by atoms with van der Waals surface area (Å²) in [4.78, 5) is 6.84. The van der Waals surface area contributed by atoms with Crippen LogP contribution in [0.2, 0.25) is 0 Å². The summed E-state index contributed by atoms with van der Waals surface area (Å²) in [7, 11) is 3.37. The second-order valence-electron chi connectivity index (χ2n) is 8.09. The lowest BCUT2D eigenvalue weighted by atomic mass is 9.87. The Kier molecular flexibility index (Phi) is 5.31. The van der Waals surface area contributed by atoms with Crippen molar-refractivity contribution in [2.45, 2.75) is 25.3 Å². The molecule has 3 N–H and O–H groups in total. The number of nitrogens with one attached hydrogen (secondary N) is 1. The van der Waals surface area contributed by atoms with Crippen molar-refractivity contribution in [1.29, 1.82) is 0 Å². The number of hydrogen-bond donors (Lipinski definition) is 2. The highest BCUT2D eigenvalue weighted by molar-refractivity contribution is 5.91. The molecule has 32 heavy (non-hydrogen) atoms. The second-order valence-corrected chi connectivity index (χ2v) is 8.09. The highest BCUT2D eigenvalue weighted by Gasteiger charge is 2.30. The Morgan fingerprint density at radius 2 is 1.88 bits per heavy atom. The Morgan fingerprint density at radius 1 is 1.09 bits per heavy atom. The number of fused-ring (bicyclic) bond motifs is 2. The first-order valence-corrected chi connectivity index (χ1v) is 10.8. The summed E-state index contributed by atoms with van der Waals surface area (Å²) in [5.41, 5.74) is 11.8. The monoisotopic (exact) mass is 429 g/mol. The molecule has 0 saturated carbocycles. The second kappa shape index (κ2) is 8.42. The van der Waals surface area contributed by atoms with Crippen LogP contribution in [0.25, 0.3) is 11.0 Å². The van der Waals surface area contributed by atoms with Gasteiger partial charge >= 0.3 is 0 Å². The number of nitrogens with zero attached hydrogens (tertiary/aromatic N) is 3. The molecule has 0 saturated heterocycles. The molecule has 0 bridgehead atoms. The smallest absolute Gasteiger partial charge is 0.161 e. The van der Waals surface area contributed by atoms with Crippen molar-refractivity contribution in [3.63, 3.8) is 0 Å². The quantitative estimate of drug-likeness (QED) is 0.475. The van der Waals surface area contributed by atoms with Gasteiger partial charge in [0, 0.05) is 12.6 Å². The zero-order chi connectivity index (χ0) is 22.1. The van der Waals surface area contributed by atoms with E-state index in [2.05, 4.69) is 62.5 Å². The molecule has 1 aliphatic rings. The van der Waals surface area contributed by atoms with Crippen LogP contribution in [0.1, 0.15) is 29.2 Å². The minimum Gasteiger partial charge on any atom is -0.493 e. The van der Waals surface area contributed by atoms with Crippen molar-refractivity contribution < 1.29 is 9.47 Å². The number of hydrogen-bond acceptors (Lipinski definition) is 6. The molecule has 0 spiro atoms. The molecule has 7 heteroatoms. The average Bonchev–Trinajstić information content (AvgIpc) is 3.30. The van der Waals surface area contributed by atoms with Gasteiger partial charge in [-0.3, -0.25) is 5.10 Å². The molecule has 0 amide bonds. The van der Waals surface area contributed by atoms with Crippen molar-refractivity contribution in [2.75, 3.05) is 31.4 Å². The van der Waals surface area contributed by atoms with Gasteiger partial charge in [-0.05, 0) is 48.1 Å². The third kappa shape index (κ3) is 3.60. The number of anilines is 2. The number of H-pyrrole nitrogens is 1. The molecule has 4 aromatic rings. The lowest BCUT2D eigenvalue weighted by molar-refractivity contribution is 0.352. The van der Waals surface area contributed by atoms with Crippen LogP contribution in [-0.2, 0) is 12.8 Å². The summed E-state index contributed by atoms with van der Waals surface area (Å²) in [6.07, 6.45) is 4.65. The van der Waals surface area contributed by atoms with Gasteiger partial charge in [-0.25, -0.2) is 4.98 Å². The summed E-state index contributed by atoms with van der Waals surface area (Å²) >= 11 is 0. The van der Waals surface area contributed by atoms with Crippen molar-refractivity contribution in [3.8, 4) is 11.5 Å². The lowest BCUT2D eigenvalue weighted by Crippen LogP contribution is -2.36. The van der Waals surface area contributed by atoms with E-state index >= 15 is 0 Å². The van der Waals surface area contributed by atoms with Gasteiger partial charge in [0.15, 0.2) is 17.1 Å². The highest BCUT2D eigenvalue weighted by atomic mass is 16.5. The first-order valence-electron chi connectivity index (χ1n) is 10.8. The third-order valence-electron chi connectivity index (χ3n) is 6.28. The van der Waals surface area contributed by atoms with Gasteiger partial charge in [0.2, 0.25) is 0 Å². The summed E-state index contributed by atoms with van der Waals surface area (Å²) in [5.74, 6) is 2.00. The van der Waals surface area contributed by atoms with Gasteiger partial charge in [0.25, 0.3) is 0 Å². The lowest BCUT2D eigenvalue weighted by Gasteiger charge is -2.40. The molecule has 5 rings (SSSR count). The fourth-order valence-electron chi connectivity index (χ4n) is 4.74. The van der Waals surface area contributed by atoms with E-state index in [1.165, 1.54) is 16.7 Å². The highest BCUT2D eigenvalue weighted by Crippen LogP contribution is 2.43. The Bertz CT molecular complexity index is 1240. The van der Waals surface area contributed by atoms with Crippen LogP contribution in [-0.4, -0.2) is 35.9 Å². The van der Waals surface area contributed by atoms with Crippen LogP contribution in [0.15, 0.2) is 54.7 Å². The van der Waals surface area contributed by atoms with Gasteiger partial charge in [-0.2, -0.15) is 5.10 Å². The first kappa shape index (κ1) is 20.2. The summed E-state index contributed by atoms with van der Waals surface area (Å²) in [6, 6.07) is 17.0. The SMILES string of the molecule is COc1cc2c(cc1OC)C(CCc1ccccc1)N(c1cc(N)nc3[nH]ncc13)CC2. The number of benzene rings is 2. The zero-order valence-corrected chi connectivity index (χ0v) is 18.3. The number of nitrogens with two attached hydrogens (primary N) is 1. The fourth-order valence-corrected chi connectivity index (χ4v) is 4.74. The van der Waals surface area contributed by atoms with E-state index < -0.39 is 0 Å². The molecule has 0 radical (unpaired) electrons. The average molecular weight is 430 g/mol. The van der Waals surface area contributed by atoms with Gasteiger partial charge in [-0.15, -0.1) is 0 Å². The molecule has 1 unspecified atom stereocenters. The Balaban J connectivity index is 1.60. The van der Waals surface area contributed by atoms with E-state index in [0.717, 1.165) is 48.4 Å². The number of rotatable bonds is 6. The zero-order valence-electron chi connectivity index (χ0n) is 18.3. The number of aryl methyl sites for hydroxylation is 1. The van der Waals surface area contributed by atoms with Crippen LogP contribution >= 0.6 is 0 Å². The Labute approximate surface area is 187 Å². The molecule has 0 aliphatic carbocycles. The normalized spacial score (nSPS) is 15.6. The molecular weight excluding hydrogens is 402 g/mol. The number of nitrogen functional groups attached to an aromatic ring is 1. The maximum atomic E-state index is 6.16. The van der Waals surface area contributed by atoms with E-state index in [-0.39, 0.29) is 6.04 Å². The minimum atomic E-state index is 0.152. The molecule has 3 heterocycles. The van der Waals surface area contributed by atoms with Crippen molar-refractivity contribution in [3.05, 3.63) is 71.4 Å². The van der Waals surface area contributed by atoms with Crippen LogP contribution in [0.3, 0.4) is 0 Å². The number of methoxy groups -OCH3 is 2. The Hall–Kier alpha value is -3.74. The van der Waals surface area contributed by atoms with Crippen molar-refractivity contribution in [2.24, 2.45) is 0 Å². The molecule has 1 aliphatic heterocycles. The van der Waals surface area contributed by atoms with Crippen molar-refractivity contribution >= 4 is 22.5 Å². The summed E-state index contributed by atoms with van der Waals surface area (Å²) in [5, 5.41) is 8.14. The fraction of sp³-hybridized carbons (Fsp3) is 0.280. The molecule has 2 aromatic heterocycles. The van der Waals surface area contributed by atoms with E-state index in [0.29, 0.717) is 11.5 Å². The number of ether oxygens (including phenoxy) is 2. The first-order chi connectivity index (χ1) is 15.7. The van der Waals surface area contributed by atoms with E-state index in [1.807, 2.05) is 12.3 Å². The topological polar surface area (TPSA) is 89.3 Å². The van der Waals surface area contributed by atoms with E-state index in [9.17, 15) is 0 Å². The number of pyridine rings is 1. The number of aromatic amines is 1. The predicted molar refractivity (Wildman–Crippen MR) is 126 cm³/mol. The van der Waals surface area contributed by atoms with Crippen LogP contribution in [0, 0.1) is 0 Å². The molecule has 7 nitrogen and oxygen atoms in total. The molecule has 2 aromatic carbocycles. The maximum Gasteiger partial charge on any atom is 0.161 e. The van der Waals surface area contributed by atoms with Gasteiger partial charge in [0.1, 0.15) is 5.82 Å². The standard InChI is InChI=1S/C25H27N5O2/c1-31-22-12-17-10-11-30(21-14-24(26)28-25-19(21)15-27-29-25)20(18(17)13-23(22)32-2)9-8-16-6-4-3-5-7-16/h3-7,12-15,20H,8-11H2,1-2H3,(H3,26,27,28,29). The van der Waals surface area contributed by atoms with Crippen molar-refractivity contribution in [1.82, 2.24) is 15.2 Å². The summed E-state index contributed by atoms with van der Waals surface area (Å²) in [6.45, 7) is 0.867. The summed E-state index contributed by atoms with van der Waals surface area (Å²) < 4.78 is 11.2. The minimum absolute atomic E-state index is 0.152. The maximum absolute atomic E-state index is 6.16. The number of aromatic nitrogens is 3. The third-order valence-corrected chi connectivity index (χ3v) is 6.28. The van der Waals surface area contributed by atoms with Crippen LogP contribution in [0.4, 0.5) is 11.5 Å². The molecule has 1 atom stereocenters. The molecular formula is C25H27N5O2.